The normalized spacial score (nSPS) is 11.0. The molecule has 2 N–H and O–H groups in total. The molecule has 0 aliphatic rings. The van der Waals surface area contributed by atoms with Gasteiger partial charge in [-0.25, -0.2) is 0 Å². The first kappa shape index (κ1) is 17.2. The van der Waals surface area contributed by atoms with Crippen LogP contribution in [-0.2, 0) is 0 Å². The molecule has 0 amide bonds. The highest BCUT2D eigenvalue weighted by atomic mass is 16.5. The summed E-state index contributed by atoms with van der Waals surface area (Å²) in [6, 6.07) is 22.1. The molecule has 0 unspecified atom stereocenters. The van der Waals surface area contributed by atoms with Gasteiger partial charge in [0, 0.05) is 11.9 Å². The van der Waals surface area contributed by atoms with Gasteiger partial charge >= 0.3 is 0 Å². The molecule has 4 rings (SSSR count). The van der Waals surface area contributed by atoms with Crippen molar-refractivity contribution >= 4 is 10.8 Å². The molecule has 0 saturated heterocycles. The summed E-state index contributed by atoms with van der Waals surface area (Å²) >= 11 is 0. The summed E-state index contributed by atoms with van der Waals surface area (Å²) in [7, 11) is 0. The predicted molar refractivity (Wildman–Crippen MR) is 111 cm³/mol. The average molecular weight is 357 g/mol. The molecule has 0 atom stereocenters. The van der Waals surface area contributed by atoms with Gasteiger partial charge in [0.15, 0.2) is 0 Å². The van der Waals surface area contributed by atoms with E-state index in [4.69, 9.17) is 4.74 Å². The van der Waals surface area contributed by atoms with Gasteiger partial charge in [0.2, 0.25) is 0 Å². The number of aromatic nitrogens is 1. The third-order valence-corrected chi connectivity index (χ3v) is 4.77. The summed E-state index contributed by atoms with van der Waals surface area (Å²) in [5.74, 6) is 1.21. The van der Waals surface area contributed by atoms with Crippen molar-refractivity contribution in [1.29, 1.82) is 0 Å². The predicted octanol–water partition coefficient (Wildman–Crippen LogP) is 6.39. The number of H-pyrrole nitrogens is 1. The lowest BCUT2D eigenvalue weighted by atomic mass is 10.0. The van der Waals surface area contributed by atoms with E-state index in [0.717, 1.165) is 42.0 Å². The Labute approximate surface area is 159 Å². The number of benzene rings is 3. The van der Waals surface area contributed by atoms with Gasteiger partial charge in [-0.15, -0.1) is 0 Å². The topological polar surface area (TPSA) is 45.2 Å². The Kier molecular flexibility index (Phi) is 4.84. The molecule has 1 aromatic heterocycles. The van der Waals surface area contributed by atoms with Crippen molar-refractivity contribution < 1.29 is 9.84 Å². The van der Waals surface area contributed by atoms with Crippen LogP contribution in [0.25, 0.3) is 33.2 Å². The molecule has 3 nitrogen and oxygen atoms in total. The average Bonchev–Trinajstić information content (AvgIpc) is 3.18. The van der Waals surface area contributed by atoms with Crippen LogP contribution in [0.4, 0.5) is 0 Å². The Hall–Kier alpha value is -3.20. The fraction of sp³-hybridized carbons (Fsp3) is 0.167. The zero-order valence-corrected chi connectivity index (χ0v) is 15.4. The molecule has 0 bridgehead atoms. The lowest BCUT2D eigenvalue weighted by molar-refractivity contribution is 0.310. The lowest BCUT2D eigenvalue weighted by Crippen LogP contribution is -1.95. The summed E-state index contributed by atoms with van der Waals surface area (Å²) < 4.78 is 5.81. The smallest absolute Gasteiger partial charge is 0.119 e. The van der Waals surface area contributed by atoms with E-state index >= 15 is 0 Å². The molecule has 0 aliphatic carbocycles. The van der Waals surface area contributed by atoms with Gasteiger partial charge in [-0.3, -0.25) is 0 Å². The standard InChI is InChI=1S/C24H23NO2/c1-2-3-12-27-23-11-8-18-13-19(4-5-20(18)14-23)21-15-24(25-16-21)17-6-9-22(26)10-7-17/h4-11,13-16,25-26H,2-3,12H2,1H3. The van der Waals surface area contributed by atoms with Gasteiger partial charge in [-0.2, -0.15) is 0 Å². The van der Waals surface area contributed by atoms with Gasteiger partial charge in [0.25, 0.3) is 0 Å². The molecule has 4 aromatic rings. The largest absolute Gasteiger partial charge is 0.508 e. The molecule has 1 heterocycles. The lowest BCUT2D eigenvalue weighted by Gasteiger charge is -2.07. The maximum Gasteiger partial charge on any atom is 0.119 e. The molecule has 0 fully saturated rings. The van der Waals surface area contributed by atoms with Crippen LogP contribution in [0.15, 0.2) is 72.9 Å². The van der Waals surface area contributed by atoms with Crippen LogP contribution in [0.5, 0.6) is 11.5 Å². The maximum atomic E-state index is 9.45. The molecule has 0 saturated carbocycles. The highest BCUT2D eigenvalue weighted by molar-refractivity contribution is 5.88. The molecular weight excluding hydrogens is 334 g/mol. The summed E-state index contributed by atoms with van der Waals surface area (Å²) in [6.45, 7) is 2.93. The van der Waals surface area contributed by atoms with E-state index in [-0.39, 0.29) is 5.75 Å². The third-order valence-electron chi connectivity index (χ3n) is 4.77. The fourth-order valence-electron chi connectivity index (χ4n) is 3.20. The van der Waals surface area contributed by atoms with E-state index in [0.29, 0.717) is 0 Å². The summed E-state index contributed by atoms with van der Waals surface area (Å²) in [5.41, 5.74) is 4.39. The minimum Gasteiger partial charge on any atom is -0.508 e. The molecule has 0 radical (unpaired) electrons. The number of nitrogens with one attached hydrogen (secondary N) is 1. The monoisotopic (exact) mass is 357 g/mol. The second-order valence-electron chi connectivity index (χ2n) is 6.77. The molecule has 0 aliphatic heterocycles. The van der Waals surface area contributed by atoms with E-state index < -0.39 is 0 Å². The highest BCUT2D eigenvalue weighted by Gasteiger charge is 2.06. The van der Waals surface area contributed by atoms with Crippen molar-refractivity contribution in [3.05, 3.63) is 72.9 Å². The Balaban J connectivity index is 1.59. The van der Waals surface area contributed by atoms with Crippen LogP contribution in [-0.4, -0.2) is 16.7 Å². The summed E-state index contributed by atoms with van der Waals surface area (Å²) in [6.07, 6.45) is 4.24. The minimum absolute atomic E-state index is 0.276. The molecule has 0 spiro atoms. The molecule has 3 aromatic carbocycles. The van der Waals surface area contributed by atoms with E-state index in [2.05, 4.69) is 48.3 Å². The maximum absolute atomic E-state index is 9.45. The van der Waals surface area contributed by atoms with Crippen molar-refractivity contribution in [3.8, 4) is 33.9 Å². The first-order valence-electron chi connectivity index (χ1n) is 9.38. The first-order chi connectivity index (χ1) is 13.2. The van der Waals surface area contributed by atoms with E-state index in [1.165, 1.54) is 16.3 Å². The van der Waals surface area contributed by atoms with Crippen molar-refractivity contribution in [2.45, 2.75) is 19.8 Å². The SMILES string of the molecule is CCCCOc1ccc2cc(-c3c[nH]c(-c4ccc(O)cc4)c3)ccc2c1. The second kappa shape index (κ2) is 7.58. The zero-order valence-electron chi connectivity index (χ0n) is 15.4. The Morgan fingerprint density at radius 1 is 0.815 bits per heavy atom. The number of ether oxygens (including phenoxy) is 1. The number of aromatic hydroxyl groups is 1. The van der Waals surface area contributed by atoms with Crippen LogP contribution in [0.2, 0.25) is 0 Å². The van der Waals surface area contributed by atoms with Crippen LogP contribution in [0.1, 0.15) is 19.8 Å². The Morgan fingerprint density at radius 2 is 1.56 bits per heavy atom. The molecule has 136 valence electrons. The number of fused-ring (bicyclic) bond motifs is 1. The first-order valence-corrected chi connectivity index (χ1v) is 9.38. The minimum atomic E-state index is 0.276. The van der Waals surface area contributed by atoms with Crippen molar-refractivity contribution in [3.63, 3.8) is 0 Å². The van der Waals surface area contributed by atoms with Crippen molar-refractivity contribution in [2.24, 2.45) is 0 Å². The molecular formula is C24H23NO2. The number of unbranched alkanes of at least 4 members (excludes halogenated alkanes) is 1. The van der Waals surface area contributed by atoms with Gasteiger partial charge < -0.3 is 14.8 Å². The Morgan fingerprint density at radius 3 is 2.37 bits per heavy atom. The fourth-order valence-corrected chi connectivity index (χ4v) is 3.20. The van der Waals surface area contributed by atoms with Crippen LogP contribution in [0.3, 0.4) is 0 Å². The van der Waals surface area contributed by atoms with Crippen molar-refractivity contribution in [2.75, 3.05) is 6.61 Å². The van der Waals surface area contributed by atoms with E-state index in [1.54, 1.807) is 12.1 Å². The second-order valence-corrected chi connectivity index (χ2v) is 6.77. The summed E-state index contributed by atoms with van der Waals surface area (Å²) in [4.78, 5) is 3.32. The zero-order chi connectivity index (χ0) is 18.6. The third kappa shape index (κ3) is 3.82. The molecule has 3 heteroatoms. The number of phenolic OH excluding ortho intramolecular Hbond substituents is 1. The Bertz CT molecular complexity index is 1050. The van der Waals surface area contributed by atoms with E-state index in [9.17, 15) is 5.11 Å². The molecule has 27 heavy (non-hydrogen) atoms. The quantitative estimate of drug-likeness (QED) is 0.393. The van der Waals surface area contributed by atoms with Gasteiger partial charge in [-0.05, 0) is 82.4 Å². The van der Waals surface area contributed by atoms with Crippen molar-refractivity contribution in [1.82, 2.24) is 4.98 Å². The number of rotatable bonds is 6. The van der Waals surface area contributed by atoms with Crippen LogP contribution < -0.4 is 4.74 Å². The van der Waals surface area contributed by atoms with Crippen LogP contribution >= 0.6 is 0 Å². The van der Waals surface area contributed by atoms with Gasteiger partial charge in [0.1, 0.15) is 11.5 Å². The van der Waals surface area contributed by atoms with Gasteiger partial charge in [-0.1, -0.05) is 31.5 Å². The number of hydrogen-bond acceptors (Lipinski definition) is 2. The number of hydrogen-bond donors (Lipinski definition) is 2. The number of phenols is 1. The summed E-state index contributed by atoms with van der Waals surface area (Å²) in [5, 5.41) is 11.8. The van der Waals surface area contributed by atoms with Gasteiger partial charge in [0.05, 0.1) is 6.61 Å². The van der Waals surface area contributed by atoms with Crippen LogP contribution in [0, 0.1) is 0 Å². The number of aromatic amines is 1. The van der Waals surface area contributed by atoms with E-state index in [1.807, 2.05) is 24.4 Å². The highest BCUT2D eigenvalue weighted by Crippen LogP contribution is 2.30.